The Bertz CT molecular complexity index is 3690. The van der Waals surface area contributed by atoms with Crippen LogP contribution in [0.5, 0.6) is 0 Å². The van der Waals surface area contributed by atoms with E-state index in [1.54, 1.807) is 6.19 Å². The van der Waals surface area contributed by atoms with Gasteiger partial charge in [-0.25, -0.2) is 67.0 Å². The maximum atomic E-state index is 15.8. The molecular formula is C40H7F13N6. The minimum absolute atomic E-state index is 0.00169. The van der Waals surface area contributed by atoms with E-state index in [1.807, 2.05) is 0 Å². The van der Waals surface area contributed by atoms with Crippen LogP contribution in [0.15, 0.2) is 52.4 Å². The molecule has 9 aromatic rings. The average molecular weight is 819 g/mol. The summed E-state index contributed by atoms with van der Waals surface area (Å²) in [6.45, 7) is 0. The number of rotatable bonds is 2. The molecule has 19 heteroatoms. The van der Waals surface area contributed by atoms with Crippen LogP contribution in [0.25, 0.3) is 87.4 Å². The van der Waals surface area contributed by atoms with Gasteiger partial charge in [-0.2, -0.15) is 20.5 Å². The molecule has 0 radical (unpaired) electrons. The molecule has 0 saturated carbocycles. The lowest BCUT2D eigenvalue weighted by Crippen LogP contribution is -2.06. The summed E-state index contributed by atoms with van der Waals surface area (Å²) in [7, 11) is 0. The average Bonchev–Trinajstić information content (AvgIpc) is 3.69. The summed E-state index contributed by atoms with van der Waals surface area (Å²) in [6, 6.07) is 7.03. The molecule has 0 amide bonds. The molecule has 0 atom stereocenters. The summed E-state index contributed by atoms with van der Waals surface area (Å²) in [6.07, 6.45) is 3.08. The molecule has 0 aliphatic heterocycles. The first-order valence-corrected chi connectivity index (χ1v) is 16.2. The van der Waals surface area contributed by atoms with Crippen molar-refractivity contribution in [1.82, 2.24) is 9.97 Å². The number of halogens is 13. The van der Waals surface area contributed by atoms with Gasteiger partial charge in [0.25, 0.3) is 0 Å². The summed E-state index contributed by atoms with van der Waals surface area (Å²) >= 11 is 0. The highest BCUT2D eigenvalue weighted by Crippen LogP contribution is 2.41. The molecule has 59 heavy (non-hydrogen) atoms. The smallest absolute Gasteiger partial charge is 0.206 e. The van der Waals surface area contributed by atoms with E-state index in [-0.39, 0.29) is 59.9 Å². The van der Waals surface area contributed by atoms with Gasteiger partial charge in [-0.1, -0.05) is 24.3 Å². The maximum absolute atomic E-state index is 15.8. The molecule has 0 aliphatic rings. The zero-order chi connectivity index (χ0) is 42.1. The van der Waals surface area contributed by atoms with Crippen LogP contribution in [0.4, 0.5) is 57.1 Å². The van der Waals surface area contributed by atoms with Gasteiger partial charge in [0.1, 0.15) is 39.2 Å². The molecule has 9 rings (SSSR count). The van der Waals surface area contributed by atoms with Crippen molar-refractivity contribution in [3.8, 4) is 34.6 Å². The fourth-order valence-electron chi connectivity index (χ4n) is 7.35. The number of hydrogen-bond acceptors (Lipinski definition) is 6. The highest BCUT2D eigenvalue weighted by atomic mass is 19.2. The van der Waals surface area contributed by atoms with Crippen molar-refractivity contribution in [2.75, 3.05) is 0 Å². The first-order valence-electron chi connectivity index (χ1n) is 16.2. The van der Waals surface area contributed by atoms with E-state index in [0.29, 0.717) is 6.07 Å². The number of fused-ring (bicyclic) bond motifs is 8. The summed E-state index contributed by atoms with van der Waals surface area (Å²) in [5.41, 5.74) is -3.31. The van der Waals surface area contributed by atoms with Gasteiger partial charge in [0, 0.05) is 27.1 Å². The second-order valence-corrected chi connectivity index (χ2v) is 12.8. The number of hydrogen-bond donors (Lipinski definition) is 0. The van der Waals surface area contributed by atoms with Crippen molar-refractivity contribution < 1.29 is 57.1 Å². The highest BCUT2D eigenvalue weighted by Gasteiger charge is 2.32. The molecule has 0 aliphatic carbocycles. The monoisotopic (exact) mass is 818 g/mol. The lowest BCUT2D eigenvalue weighted by atomic mass is 9.96. The van der Waals surface area contributed by atoms with E-state index in [0.717, 1.165) is 30.3 Å². The lowest BCUT2D eigenvalue weighted by Gasteiger charge is -2.13. The van der Waals surface area contributed by atoms with Gasteiger partial charge in [-0.05, 0) is 29.3 Å². The van der Waals surface area contributed by atoms with E-state index in [1.165, 1.54) is 12.3 Å². The summed E-state index contributed by atoms with van der Waals surface area (Å²) in [5, 5.41) is 12.2. The van der Waals surface area contributed by atoms with E-state index in [4.69, 9.17) is 0 Å². The number of benzene rings is 6. The van der Waals surface area contributed by atoms with Crippen LogP contribution in [0.3, 0.4) is 0 Å². The summed E-state index contributed by atoms with van der Waals surface area (Å²) < 4.78 is 192. The fraction of sp³-hybridized carbons (Fsp3) is 0. The van der Waals surface area contributed by atoms with Crippen LogP contribution in [-0.4, -0.2) is 9.97 Å². The number of nitriles is 2. The van der Waals surface area contributed by atoms with Crippen molar-refractivity contribution in [1.29, 1.82) is 10.5 Å². The van der Waals surface area contributed by atoms with Gasteiger partial charge in [0.2, 0.25) is 12.4 Å². The maximum Gasteiger partial charge on any atom is 0.206 e. The van der Waals surface area contributed by atoms with Crippen LogP contribution < -0.4 is 10.7 Å². The lowest BCUT2D eigenvalue weighted by molar-refractivity contribution is 0.412. The molecule has 6 nitrogen and oxygen atoms in total. The second kappa shape index (κ2) is 12.7. The predicted molar refractivity (Wildman–Crippen MR) is 182 cm³/mol. The molecule has 0 N–H and O–H groups in total. The van der Waals surface area contributed by atoms with Crippen molar-refractivity contribution in [2.45, 2.75) is 0 Å². The Morgan fingerprint density at radius 3 is 1.29 bits per heavy atom. The Morgan fingerprint density at radius 2 is 0.797 bits per heavy atom. The fourth-order valence-corrected chi connectivity index (χ4v) is 7.35. The zero-order valence-electron chi connectivity index (χ0n) is 28.1. The Balaban J connectivity index is 1.30. The number of aromatic nitrogens is 2. The van der Waals surface area contributed by atoms with Crippen LogP contribution >= 0.6 is 0 Å². The molecule has 1 aromatic heterocycles. The van der Waals surface area contributed by atoms with Crippen LogP contribution in [0.1, 0.15) is 0 Å². The third kappa shape index (κ3) is 4.81. The molecule has 0 saturated heterocycles. The molecule has 0 bridgehead atoms. The van der Waals surface area contributed by atoms with Crippen molar-refractivity contribution >= 4 is 65.2 Å². The van der Waals surface area contributed by atoms with Gasteiger partial charge < -0.3 is 0 Å². The molecular weight excluding hydrogens is 811 g/mol. The second-order valence-electron chi connectivity index (χ2n) is 12.8. The highest BCUT2D eigenvalue weighted by molar-refractivity contribution is 6.16. The van der Waals surface area contributed by atoms with Crippen LogP contribution in [-0.2, 0) is 0 Å². The van der Waals surface area contributed by atoms with Crippen LogP contribution in [0.2, 0.25) is 0 Å². The standard InChI is InChI=1S/C40H7F13N6/c41-17-7-14(23(42)20-19(17)26(45)31(50)32(51)28(20)47)10-1-3-12-15(5-10)35(56-8-54)39-37(12)58-40-36(57-9-55)16-6-11(2-4-13(16)38(40)59-39)18-24(43)21-22(27(46)25(18)44)30(49)34(53)33(52)29(21)48/h1-7H. The topological polar surface area (TPSA) is 98.1 Å². The SMILES string of the molecule is N#CN=c1c2cc(-c3cc(F)c4c(F)c(F)c(F)c(F)c4c3F)ccc2c2nc3c(=NC#N)c4cc(-c5c(F)c(F)c6c(F)c(F)c(F)c(F)c6c5F)ccc4c3nc12. The van der Waals surface area contributed by atoms with Gasteiger partial charge in [-0.15, -0.1) is 0 Å². The van der Waals surface area contributed by atoms with E-state index < -0.39 is 114 Å². The third-order valence-corrected chi connectivity index (χ3v) is 9.90. The van der Waals surface area contributed by atoms with Gasteiger partial charge in [0.15, 0.2) is 58.2 Å². The summed E-state index contributed by atoms with van der Waals surface area (Å²) in [5.74, 6) is -28.5. The minimum atomic E-state index is -2.51. The van der Waals surface area contributed by atoms with Gasteiger partial charge in [-0.3, -0.25) is 0 Å². The Morgan fingerprint density at radius 1 is 0.390 bits per heavy atom. The first-order chi connectivity index (χ1) is 28.1. The van der Waals surface area contributed by atoms with Gasteiger partial charge >= 0.3 is 0 Å². The summed E-state index contributed by atoms with van der Waals surface area (Å²) in [4.78, 5) is 16.6. The minimum Gasteiger partial charge on any atom is -0.241 e. The van der Waals surface area contributed by atoms with Crippen molar-refractivity contribution in [2.24, 2.45) is 9.98 Å². The number of nitrogens with zero attached hydrogens (tertiary/aromatic N) is 6. The molecule has 288 valence electrons. The van der Waals surface area contributed by atoms with E-state index in [2.05, 4.69) is 20.0 Å². The van der Waals surface area contributed by atoms with Gasteiger partial charge in [0.05, 0.1) is 38.1 Å². The van der Waals surface area contributed by atoms with Crippen molar-refractivity contribution in [3.63, 3.8) is 0 Å². The van der Waals surface area contributed by atoms with E-state index >= 15 is 22.0 Å². The van der Waals surface area contributed by atoms with Crippen molar-refractivity contribution in [3.05, 3.63) is 129 Å². The molecule has 0 unspecified atom stereocenters. The molecule has 0 fully saturated rings. The molecule has 0 spiro atoms. The Labute approximate surface area is 316 Å². The van der Waals surface area contributed by atoms with Crippen LogP contribution in [0, 0.1) is 98.5 Å². The third-order valence-electron chi connectivity index (χ3n) is 9.90. The Hall–Kier alpha value is -7.67. The molecule has 1 heterocycles. The zero-order valence-corrected chi connectivity index (χ0v) is 28.1. The van der Waals surface area contributed by atoms with E-state index in [9.17, 15) is 45.6 Å². The quantitative estimate of drug-likeness (QED) is 0.0751. The predicted octanol–water partition coefficient (Wildman–Crippen LogP) is 10.2. The Kier molecular flexibility index (Phi) is 7.93. The molecule has 8 aromatic carbocycles. The largest absolute Gasteiger partial charge is 0.241 e. The normalized spacial score (nSPS) is 12.7. The first kappa shape index (κ1) is 36.9.